The summed E-state index contributed by atoms with van der Waals surface area (Å²) in [5.74, 6) is 0.754. The van der Waals surface area contributed by atoms with Crippen LogP contribution in [-0.4, -0.2) is 33.7 Å². The molecule has 1 aromatic carbocycles. The molecule has 0 atom stereocenters. The van der Waals surface area contributed by atoms with Crippen LogP contribution < -0.4 is 4.90 Å². The van der Waals surface area contributed by atoms with E-state index in [2.05, 4.69) is 15.2 Å². The van der Waals surface area contributed by atoms with E-state index >= 15 is 0 Å². The highest BCUT2D eigenvalue weighted by molar-refractivity contribution is 6.32. The number of aromatic nitrogens is 4. The lowest BCUT2D eigenvalue weighted by molar-refractivity contribution is 1.10. The van der Waals surface area contributed by atoms with Crippen molar-refractivity contribution < 1.29 is 0 Å². The fourth-order valence-electron chi connectivity index (χ4n) is 1.90. The van der Waals surface area contributed by atoms with Gasteiger partial charge in [0.15, 0.2) is 16.6 Å². The lowest BCUT2D eigenvalue weighted by Crippen LogP contribution is -2.08. The molecule has 0 bridgehead atoms. The second-order valence-corrected chi connectivity index (χ2v) is 4.73. The highest BCUT2D eigenvalue weighted by Crippen LogP contribution is 2.23. The minimum atomic E-state index is 0.353. The lowest BCUT2D eigenvalue weighted by atomic mass is 10.2. The first-order valence-electron chi connectivity index (χ1n) is 5.80. The Hall–Kier alpha value is -2.14. The van der Waals surface area contributed by atoms with Gasteiger partial charge in [0.05, 0.1) is 0 Å². The van der Waals surface area contributed by atoms with Gasteiger partial charge in [0.2, 0.25) is 0 Å². The number of hydrogen-bond acceptors (Lipinski definition) is 4. The second-order valence-electron chi connectivity index (χ2n) is 4.38. The zero-order valence-corrected chi connectivity index (χ0v) is 11.3. The quantitative estimate of drug-likeness (QED) is 0.720. The Labute approximate surface area is 115 Å². The number of hydrogen-bond donors (Lipinski definition) is 0. The van der Waals surface area contributed by atoms with Crippen molar-refractivity contribution in [2.24, 2.45) is 0 Å². The van der Waals surface area contributed by atoms with Gasteiger partial charge in [-0.1, -0.05) is 11.6 Å². The van der Waals surface area contributed by atoms with Crippen molar-refractivity contribution in [3.8, 4) is 11.4 Å². The Morgan fingerprint density at radius 1 is 1.11 bits per heavy atom. The van der Waals surface area contributed by atoms with Gasteiger partial charge in [-0.3, -0.25) is 4.40 Å². The van der Waals surface area contributed by atoms with Gasteiger partial charge in [-0.05, 0) is 24.3 Å². The van der Waals surface area contributed by atoms with E-state index in [1.807, 2.05) is 47.7 Å². The SMILES string of the molecule is CN(C)c1ccc(-c2nnc3c(Cl)nccn23)cc1. The lowest BCUT2D eigenvalue weighted by Gasteiger charge is -2.12. The van der Waals surface area contributed by atoms with Crippen molar-refractivity contribution in [1.29, 1.82) is 0 Å². The third kappa shape index (κ3) is 2.02. The normalized spacial score (nSPS) is 10.9. The molecule has 0 saturated carbocycles. The Balaban J connectivity index is 2.11. The predicted molar refractivity (Wildman–Crippen MR) is 75.6 cm³/mol. The summed E-state index contributed by atoms with van der Waals surface area (Å²) >= 11 is 5.98. The van der Waals surface area contributed by atoms with Crippen molar-refractivity contribution in [2.75, 3.05) is 19.0 Å². The average Bonchev–Trinajstić information content (AvgIpc) is 2.84. The van der Waals surface area contributed by atoms with Crippen LogP contribution in [0.5, 0.6) is 0 Å². The molecule has 6 heteroatoms. The zero-order valence-electron chi connectivity index (χ0n) is 10.6. The molecule has 5 nitrogen and oxygen atoms in total. The van der Waals surface area contributed by atoms with Crippen LogP contribution in [0.3, 0.4) is 0 Å². The molecule has 0 fully saturated rings. The topological polar surface area (TPSA) is 46.3 Å². The van der Waals surface area contributed by atoms with Gasteiger partial charge < -0.3 is 4.90 Å². The third-order valence-electron chi connectivity index (χ3n) is 2.93. The standard InChI is InChI=1S/C13H12ClN5/c1-18(2)10-5-3-9(4-6-10)12-16-17-13-11(14)15-7-8-19(12)13/h3-8H,1-2H3. The maximum absolute atomic E-state index is 5.98. The van der Waals surface area contributed by atoms with E-state index in [4.69, 9.17) is 11.6 Å². The zero-order chi connectivity index (χ0) is 13.4. The largest absolute Gasteiger partial charge is 0.378 e. The van der Waals surface area contributed by atoms with E-state index in [-0.39, 0.29) is 0 Å². The molecule has 0 amide bonds. The molecule has 0 aliphatic rings. The first kappa shape index (κ1) is 11.9. The third-order valence-corrected chi connectivity index (χ3v) is 3.19. The predicted octanol–water partition coefficient (Wildman–Crippen LogP) is 2.51. The number of rotatable bonds is 2. The van der Waals surface area contributed by atoms with E-state index < -0.39 is 0 Å². The molecular formula is C13H12ClN5. The molecule has 0 radical (unpaired) electrons. The summed E-state index contributed by atoms with van der Waals surface area (Å²) in [6, 6.07) is 8.11. The molecule has 2 aromatic heterocycles. The minimum Gasteiger partial charge on any atom is -0.378 e. The molecule has 3 aromatic rings. The monoisotopic (exact) mass is 273 g/mol. The van der Waals surface area contributed by atoms with E-state index in [0.717, 1.165) is 17.1 Å². The summed E-state index contributed by atoms with van der Waals surface area (Å²) in [4.78, 5) is 6.04. The van der Waals surface area contributed by atoms with Crippen molar-refractivity contribution in [3.05, 3.63) is 41.8 Å². The molecule has 19 heavy (non-hydrogen) atoms. The Morgan fingerprint density at radius 2 is 1.84 bits per heavy atom. The van der Waals surface area contributed by atoms with Crippen LogP contribution in [0.15, 0.2) is 36.7 Å². The van der Waals surface area contributed by atoms with Crippen molar-refractivity contribution in [3.63, 3.8) is 0 Å². The maximum Gasteiger partial charge on any atom is 0.198 e. The van der Waals surface area contributed by atoms with Gasteiger partial charge >= 0.3 is 0 Å². The van der Waals surface area contributed by atoms with E-state index in [9.17, 15) is 0 Å². The van der Waals surface area contributed by atoms with Crippen LogP contribution in [0, 0.1) is 0 Å². The van der Waals surface area contributed by atoms with Gasteiger partial charge in [-0.25, -0.2) is 4.98 Å². The van der Waals surface area contributed by atoms with Crippen LogP contribution >= 0.6 is 11.6 Å². The smallest absolute Gasteiger partial charge is 0.198 e. The summed E-state index contributed by atoms with van der Waals surface area (Å²) in [6.45, 7) is 0. The Morgan fingerprint density at radius 3 is 2.53 bits per heavy atom. The van der Waals surface area contributed by atoms with Gasteiger partial charge in [-0.15, -0.1) is 10.2 Å². The maximum atomic E-state index is 5.98. The molecule has 0 aliphatic heterocycles. The summed E-state index contributed by atoms with van der Waals surface area (Å²) in [6.07, 6.45) is 3.44. The van der Waals surface area contributed by atoms with Crippen LogP contribution in [0.2, 0.25) is 5.15 Å². The first-order chi connectivity index (χ1) is 9.16. The van der Waals surface area contributed by atoms with Crippen LogP contribution in [0.25, 0.3) is 17.0 Å². The van der Waals surface area contributed by atoms with Gasteiger partial charge in [0.25, 0.3) is 0 Å². The highest BCUT2D eigenvalue weighted by Gasteiger charge is 2.10. The summed E-state index contributed by atoms with van der Waals surface area (Å²) < 4.78 is 1.83. The van der Waals surface area contributed by atoms with Crippen LogP contribution in [0.4, 0.5) is 5.69 Å². The molecule has 2 heterocycles. The van der Waals surface area contributed by atoms with Crippen LogP contribution in [0.1, 0.15) is 0 Å². The average molecular weight is 274 g/mol. The number of anilines is 1. The number of benzene rings is 1. The highest BCUT2D eigenvalue weighted by atomic mass is 35.5. The van der Waals surface area contributed by atoms with Gasteiger partial charge in [0, 0.05) is 37.7 Å². The first-order valence-corrected chi connectivity index (χ1v) is 6.17. The molecule has 0 spiro atoms. The molecule has 0 unspecified atom stereocenters. The minimum absolute atomic E-state index is 0.353. The molecule has 96 valence electrons. The van der Waals surface area contributed by atoms with E-state index in [0.29, 0.717) is 10.8 Å². The number of nitrogens with zero attached hydrogens (tertiary/aromatic N) is 5. The fraction of sp³-hybridized carbons (Fsp3) is 0.154. The van der Waals surface area contributed by atoms with Gasteiger partial charge in [-0.2, -0.15) is 0 Å². The van der Waals surface area contributed by atoms with E-state index in [1.165, 1.54) is 0 Å². The Bertz CT molecular complexity index is 717. The van der Waals surface area contributed by atoms with Crippen molar-refractivity contribution in [1.82, 2.24) is 19.6 Å². The summed E-state index contributed by atoms with van der Waals surface area (Å²) in [5.41, 5.74) is 2.69. The number of fused-ring (bicyclic) bond motifs is 1. The van der Waals surface area contributed by atoms with Crippen molar-refractivity contribution in [2.45, 2.75) is 0 Å². The molecule has 0 aliphatic carbocycles. The molecular weight excluding hydrogens is 262 g/mol. The summed E-state index contributed by atoms with van der Waals surface area (Å²) in [7, 11) is 4.01. The van der Waals surface area contributed by atoms with Crippen molar-refractivity contribution >= 4 is 22.9 Å². The van der Waals surface area contributed by atoms with E-state index in [1.54, 1.807) is 12.4 Å². The molecule has 3 rings (SSSR count). The second kappa shape index (κ2) is 4.51. The van der Waals surface area contributed by atoms with Crippen LogP contribution in [-0.2, 0) is 0 Å². The number of halogens is 1. The fourth-order valence-corrected chi connectivity index (χ4v) is 2.09. The molecule has 0 N–H and O–H groups in total. The van der Waals surface area contributed by atoms with Gasteiger partial charge in [0.1, 0.15) is 0 Å². The summed E-state index contributed by atoms with van der Waals surface area (Å²) in [5, 5.41) is 8.59. The Kier molecular flexibility index (Phi) is 2.83. The molecule has 0 saturated heterocycles.